The van der Waals surface area contributed by atoms with Crippen molar-refractivity contribution in [1.29, 1.82) is 0 Å². The molecule has 190 valence electrons. The maximum Gasteiger partial charge on any atom is 0.410 e. The summed E-state index contributed by atoms with van der Waals surface area (Å²) in [7, 11) is 0. The minimum atomic E-state index is -4.60. The number of hydrogen-bond acceptors (Lipinski definition) is 4. The number of halogens is 6. The predicted octanol–water partition coefficient (Wildman–Crippen LogP) is 5.95. The Hall–Kier alpha value is -2.98. The molecule has 2 atom stereocenters. The number of carbonyl (C=O) groups excluding carboxylic acids is 1. The van der Waals surface area contributed by atoms with Crippen molar-refractivity contribution < 1.29 is 22.4 Å². The summed E-state index contributed by atoms with van der Waals surface area (Å²) in [5.41, 5.74) is 1.21. The van der Waals surface area contributed by atoms with Gasteiger partial charge in [0.05, 0.1) is 6.04 Å². The van der Waals surface area contributed by atoms with Crippen LogP contribution in [0.3, 0.4) is 0 Å². The van der Waals surface area contributed by atoms with E-state index in [1.165, 1.54) is 17.0 Å². The Labute approximate surface area is 214 Å². The Bertz CT molecular complexity index is 1260. The van der Waals surface area contributed by atoms with Crippen LogP contribution in [0, 0.1) is 5.82 Å². The molecule has 0 aliphatic carbocycles. The summed E-state index contributed by atoms with van der Waals surface area (Å²) in [4.78, 5) is 16.8. The zero-order chi connectivity index (χ0) is 25.6. The van der Waals surface area contributed by atoms with Crippen LogP contribution in [0.4, 0.5) is 29.1 Å². The van der Waals surface area contributed by atoms with Crippen molar-refractivity contribution in [2.75, 3.05) is 36.4 Å². The SMILES string of the molecule is O=C(c1nn2c(c1Cl)NC(c1ccc(Cl)cc1)CC2C(F)(F)F)N1CCN(c2ccc(F)cc2)CC1. The number of anilines is 2. The summed E-state index contributed by atoms with van der Waals surface area (Å²) in [5, 5.41) is 7.39. The van der Waals surface area contributed by atoms with E-state index < -0.39 is 24.2 Å². The summed E-state index contributed by atoms with van der Waals surface area (Å²) in [5.74, 6) is -0.917. The van der Waals surface area contributed by atoms with E-state index in [1.54, 1.807) is 36.4 Å². The van der Waals surface area contributed by atoms with Crippen LogP contribution in [0.1, 0.15) is 34.6 Å². The first-order valence-electron chi connectivity index (χ1n) is 11.3. The molecular weight excluding hydrogens is 521 g/mol. The maximum absolute atomic E-state index is 14.0. The number of alkyl halides is 3. The predicted molar refractivity (Wildman–Crippen MR) is 129 cm³/mol. The Morgan fingerprint density at radius 3 is 2.22 bits per heavy atom. The quantitative estimate of drug-likeness (QED) is 0.416. The van der Waals surface area contributed by atoms with Crippen LogP contribution in [0.25, 0.3) is 0 Å². The van der Waals surface area contributed by atoms with Crippen molar-refractivity contribution in [3.63, 3.8) is 0 Å². The summed E-state index contributed by atoms with van der Waals surface area (Å²) in [6.07, 6.45) is -4.92. The van der Waals surface area contributed by atoms with Crippen LogP contribution in [0.2, 0.25) is 10.0 Å². The molecule has 1 fully saturated rings. The first kappa shape index (κ1) is 24.7. The van der Waals surface area contributed by atoms with Gasteiger partial charge < -0.3 is 15.1 Å². The Morgan fingerprint density at radius 2 is 1.61 bits per heavy atom. The molecule has 3 heterocycles. The van der Waals surface area contributed by atoms with Gasteiger partial charge in [-0.2, -0.15) is 18.3 Å². The average Bonchev–Trinajstić information content (AvgIpc) is 3.19. The van der Waals surface area contributed by atoms with Gasteiger partial charge in [-0.05, 0) is 42.0 Å². The van der Waals surface area contributed by atoms with Gasteiger partial charge in [-0.15, -0.1) is 0 Å². The van der Waals surface area contributed by atoms with E-state index in [9.17, 15) is 22.4 Å². The van der Waals surface area contributed by atoms with Crippen LogP contribution in [0.5, 0.6) is 0 Å². The molecule has 2 aliphatic heterocycles. The molecule has 1 amide bonds. The lowest BCUT2D eigenvalue weighted by atomic mass is 9.97. The number of nitrogens with one attached hydrogen (secondary N) is 1. The fraction of sp³-hybridized carbons (Fsp3) is 0.333. The molecule has 3 aromatic rings. The Kier molecular flexibility index (Phi) is 6.50. The summed E-state index contributed by atoms with van der Waals surface area (Å²) in [6.45, 7) is 1.59. The van der Waals surface area contributed by atoms with Gasteiger partial charge in [-0.1, -0.05) is 35.3 Å². The highest BCUT2D eigenvalue weighted by Gasteiger charge is 2.48. The fourth-order valence-electron chi connectivity index (χ4n) is 4.61. The molecule has 36 heavy (non-hydrogen) atoms. The number of piperazine rings is 1. The standard InChI is InChI=1S/C24H21Cl2F4N5O/c25-15-3-1-14(2-4-15)18-13-19(24(28,29)30)35-22(31-18)20(26)21(32-35)23(36)34-11-9-33(10-12-34)17-7-5-16(27)6-8-17/h1-8,18-19,31H,9-13H2. The van der Waals surface area contributed by atoms with Crippen LogP contribution >= 0.6 is 23.2 Å². The summed E-state index contributed by atoms with van der Waals surface area (Å²) < 4.78 is 56.0. The molecule has 12 heteroatoms. The third-order valence-electron chi connectivity index (χ3n) is 6.53. The summed E-state index contributed by atoms with van der Waals surface area (Å²) >= 11 is 12.4. The van der Waals surface area contributed by atoms with Gasteiger partial charge in [0, 0.05) is 43.3 Å². The number of amides is 1. The second-order valence-electron chi connectivity index (χ2n) is 8.75. The molecular formula is C24H21Cl2F4N5O. The van der Waals surface area contributed by atoms with E-state index in [0.717, 1.165) is 10.4 Å². The van der Waals surface area contributed by atoms with Crippen LogP contribution < -0.4 is 10.2 Å². The molecule has 1 aromatic heterocycles. The lowest BCUT2D eigenvalue weighted by Crippen LogP contribution is -2.49. The van der Waals surface area contributed by atoms with Crippen LogP contribution in [0.15, 0.2) is 48.5 Å². The van der Waals surface area contributed by atoms with Crippen LogP contribution in [-0.4, -0.2) is 52.9 Å². The number of aromatic nitrogens is 2. The lowest BCUT2D eigenvalue weighted by Gasteiger charge is -2.35. The Balaban J connectivity index is 1.38. The first-order valence-corrected chi connectivity index (χ1v) is 12.0. The van der Waals surface area contributed by atoms with Gasteiger partial charge in [0.15, 0.2) is 11.7 Å². The van der Waals surface area contributed by atoms with Gasteiger partial charge >= 0.3 is 6.18 Å². The highest BCUT2D eigenvalue weighted by molar-refractivity contribution is 6.36. The van der Waals surface area contributed by atoms with Crippen molar-refractivity contribution >= 4 is 40.6 Å². The second-order valence-corrected chi connectivity index (χ2v) is 9.57. The van der Waals surface area contributed by atoms with Crippen molar-refractivity contribution in [2.24, 2.45) is 0 Å². The third-order valence-corrected chi connectivity index (χ3v) is 7.14. The number of fused-ring (bicyclic) bond motifs is 1. The minimum Gasteiger partial charge on any atom is -0.368 e. The van der Waals surface area contributed by atoms with Crippen molar-refractivity contribution in [1.82, 2.24) is 14.7 Å². The molecule has 2 unspecified atom stereocenters. The average molecular weight is 542 g/mol. The molecule has 0 saturated carbocycles. The van der Waals surface area contributed by atoms with E-state index in [4.69, 9.17) is 23.2 Å². The number of nitrogens with zero attached hydrogens (tertiary/aromatic N) is 4. The molecule has 5 rings (SSSR count). The van der Waals surface area contributed by atoms with Crippen molar-refractivity contribution in [2.45, 2.75) is 24.7 Å². The van der Waals surface area contributed by atoms with Gasteiger partial charge in [0.1, 0.15) is 16.7 Å². The monoisotopic (exact) mass is 541 g/mol. The van der Waals surface area contributed by atoms with Gasteiger partial charge in [-0.3, -0.25) is 4.79 Å². The summed E-state index contributed by atoms with van der Waals surface area (Å²) in [6, 6.07) is 9.92. The minimum absolute atomic E-state index is 0.0431. The Morgan fingerprint density at radius 1 is 0.972 bits per heavy atom. The molecule has 0 bridgehead atoms. The number of benzene rings is 2. The van der Waals surface area contributed by atoms with Gasteiger partial charge in [-0.25, -0.2) is 9.07 Å². The highest BCUT2D eigenvalue weighted by atomic mass is 35.5. The van der Waals surface area contributed by atoms with E-state index in [0.29, 0.717) is 36.8 Å². The van der Waals surface area contributed by atoms with Crippen molar-refractivity contribution in [3.8, 4) is 0 Å². The first-order chi connectivity index (χ1) is 17.1. The number of hydrogen-bond donors (Lipinski definition) is 1. The molecule has 0 radical (unpaired) electrons. The molecule has 1 saturated heterocycles. The molecule has 6 nitrogen and oxygen atoms in total. The molecule has 2 aliphatic rings. The lowest BCUT2D eigenvalue weighted by molar-refractivity contribution is -0.173. The van der Waals surface area contributed by atoms with Gasteiger partial charge in [0.25, 0.3) is 5.91 Å². The van der Waals surface area contributed by atoms with E-state index in [1.807, 2.05) is 4.90 Å². The number of rotatable bonds is 3. The van der Waals surface area contributed by atoms with Crippen LogP contribution in [-0.2, 0) is 0 Å². The van der Waals surface area contributed by atoms with Gasteiger partial charge in [0.2, 0.25) is 0 Å². The van der Waals surface area contributed by atoms with E-state index >= 15 is 0 Å². The zero-order valence-electron chi connectivity index (χ0n) is 18.8. The zero-order valence-corrected chi connectivity index (χ0v) is 20.3. The maximum atomic E-state index is 14.0. The largest absolute Gasteiger partial charge is 0.410 e. The van der Waals surface area contributed by atoms with Crippen molar-refractivity contribution in [3.05, 3.63) is 75.7 Å². The third kappa shape index (κ3) is 4.71. The fourth-order valence-corrected chi connectivity index (χ4v) is 5.00. The smallest absolute Gasteiger partial charge is 0.368 e. The molecule has 1 N–H and O–H groups in total. The normalized spacial score (nSPS) is 20.2. The van der Waals surface area contributed by atoms with E-state index in [2.05, 4.69) is 10.4 Å². The second kappa shape index (κ2) is 9.48. The molecule has 2 aromatic carbocycles. The molecule has 0 spiro atoms. The number of carbonyl (C=O) groups is 1. The topological polar surface area (TPSA) is 53.4 Å². The van der Waals surface area contributed by atoms with E-state index in [-0.39, 0.29) is 28.8 Å². The highest BCUT2D eigenvalue weighted by Crippen LogP contribution is 2.46.